The van der Waals surface area contributed by atoms with Gasteiger partial charge in [0, 0.05) is 5.69 Å². The maximum absolute atomic E-state index is 12.1. The van der Waals surface area contributed by atoms with E-state index in [4.69, 9.17) is 0 Å². The first-order chi connectivity index (χ1) is 11.1. The Balaban J connectivity index is 2.06. The normalized spacial score (nSPS) is 12.2. The summed E-state index contributed by atoms with van der Waals surface area (Å²) in [7, 11) is -4.27. The predicted octanol–water partition coefficient (Wildman–Crippen LogP) is 3.60. The molecular formula is C13H10BrF3N2O3S2. The maximum Gasteiger partial charge on any atom is 0.402 e. The van der Waals surface area contributed by atoms with Gasteiger partial charge in [0.15, 0.2) is 0 Å². The van der Waals surface area contributed by atoms with Gasteiger partial charge in [-0.25, -0.2) is 13.1 Å². The third-order valence-electron chi connectivity index (χ3n) is 2.68. The fraction of sp³-hybridized carbons (Fsp3) is 0.154. The Morgan fingerprint density at radius 3 is 2.25 bits per heavy atom. The number of carbonyl (C=O) groups is 1. The molecule has 2 N–H and O–H groups in total. The standard InChI is InChI=1S/C13H10BrF3N2O3S2/c14-11-6-5-10(23-11)12(20)19-8-1-3-9(4-2-8)24(21,22)18-7-13(15,16)17/h1-6,18H,7H2,(H,19,20). The van der Waals surface area contributed by atoms with Crippen molar-refractivity contribution < 1.29 is 26.4 Å². The van der Waals surface area contributed by atoms with E-state index in [2.05, 4.69) is 21.2 Å². The van der Waals surface area contributed by atoms with Crippen molar-refractivity contribution in [1.29, 1.82) is 0 Å². The van der Waals surface area contributed by atoms with Crippen LogP contribution in [0.1, 0.15) is 9.67 Å². The number of hydrogen-bond acceptors (Lipinski definition) is 4. The van der Waals surface area contributed by atoms with E-state index in [1.165, 1.54) is 28.2 Å². The molecule has 1 aromatic carbocycles. The van der Waals surface area contributed by atoms with Crippen molar-refractivity contribution in [3.8, 4) is 0 Å². The van der Waals surface area contributed by atoms with Gasteiger partial charge in [-0.05, 0) is 52.3 Å². The van der Waals surface area contributed by atoms with Crippen LogP contribution in [-0.2, 0) is 10.0 Å². The summed E-state index contributed by atoms with van der Waals surface area (Å²) in [6, 6.07) is 8.13. The van der Waals surface area contributed by atoms with Crippen molar-refractivity contribution in [2.45, 2.75) is 11.1 Å². The number of benzene rings is 1. The lowest BCUT2D eigenvalue weighted by Gasteiger charge is -2.10. The topological polar surface area (TPSA) is 75.3 Å². The number of halogens is 4. The molecule has 0 atom stereocenters. The molecule has 130 valence electrons. The zero-order valence-corrected chi connectivity index (χ0v) is 14.9. The van der Waals surface area contributed by atoms with Crippen molar-refractivity contribution in [2.24, 2.45) is 0 Å². The quantitative estimate of drug-likeness (QED) is 0.742. The summed E-state index contributed by atoms with van der Waals surface area (Å²) >= 11 is 4.45. The predicted molar refractivity (Wildman–Crippen MR) is 87.7 cm³/mol. The summed E-state index contributed by atoms with van der Waals surface area (Å²) in [4.78, 5) is 12.1. The molecule has 0 saturated heterocycles. The number of alkyl halides is 3. The van der Waals surface area contributed by atoms with Gasteiger partial charge in [0.2, 0.25) is 10.0 Å². The molecule has 0 aliphatic carbocycles. The number of sulfonamides is 1. The molecule has 0 unspecified atom stereocenters. The van der Waals surface area contributed by atoms with Crippen LogP contribution in [-0.4, -0.2) is 27.0 Å². The molecule has 0 aliphatic heterocycles. The van der Waals surface area contributed by atoms with Gasteiger partial charge in [-0.1, -0.05) is 0 Å². The summed E-state index contributed by atoms with van der Waals surface area (Å²) in [6.45, 7) is -1.65. The summed E-state index contributed by atoms with van der Waals surface area (Å²) in [5.74, 6) is -0.378. The van der Waals surface area contributed by atoms with Gasteiger partial charge in [-0.2, -0.15) is 13.2 Å². The van der Waals surface area contributed by atoms with E-state index < -0.39 is 22.7 Å². The van der Waals surface area contributed by atoms with Gasteiger partial charge in [-0.3, -0.25) is 4.79 Å². The Labute approximate surface area is 148 Å². The SMILES string of the molecule is O=C(Nc1ccc(S(=O)(=O)NCC(F)(F)F)cc1)c1ccc(Br)s1. The van der Waals surface area contributed by atoms with E-state index in [-0.39, 0.29) is 10.8 Å². The summed E-state index contributed by atoms with van der Waals surface area (Å²) in [5, 5.41) is 2.56. The highest BCUT2D eigenvalue weighted by molar-refractivity contribution is 9.11. The number of carbonyl (C=O) groups excluding carboxylic acids is 1. The fourth-order valence-corrected chi connectivity index (χ4v) is 3.90. The number of amides is 1. The molecule has 0 fully saturated rings. The molecule has 1 aromatic heterocycles. The number of nitrogens with one attached hydrogen (secondary N) is 2. The largest absolute Gasteiger partial charge is 0.402 e. The zero-order chi connectivity index (χ0) is 18.0. The summed E-state index contributed by atoms with van der Waals surface area (Å²) in [5.41, 5.74) is 0.319. The van der Waals surface area contributed by atoms with Gasteiger partial charge < -0.3 is 5.32 Å². The second kappa shape index (κ2) is 7.21. The highest BCUT2D eigenvalue weighted by atomic mass is 79.9. The Morgan fingerprint density at radius 1 is 1.12 bits per heavy atom. The minimum atomic E-state index is -4.64. The van der Waals surface area contributed by atoms with Crippen LogP contribution in [0.4, 0.5) is 18.9 Å². The Bertz CT molecular complexity index is 833. The van der Waals surface area contributed by atoms with E-state index in [1.54, 1.807) is 12.1 Å². The lowest BCUT2D eigenvalue weighted by atomic mass is 10.3. The minimum absolute atomic E-state index is 0.319. The van der Waals surface area contributed by atoms with Gasteiger partial charge in [0.25, 0.3) is 5.91 Å². The molecule has 1 heterocycles. The van der Waals surface area contributed by atoms with E-state index in [1.807, 2.05) is 0 Å². The molecule has 11 heteroatoms. The molecule has 24 heavy (non-hydrogen) atoms. The van der Waals surface area contributed by atoms with Gasteiger partial charge in [-0.15, -0.1) is 11.3 Å². The van der Waals surface area contributed by atoms with Gasteiger partial charge in [0.05, 0.1) is 13.6 Å². The Morgan fingerprint density at radius 2 is 1.75 bits per heavy atom. The summed E-state index contributed by atoms with van der Waals surface area (Å²) < 4.78 is 62.0. The highest BCUT2D eigenvalue weighted by Gasteiger charge is 2.30. The smallest absolute Gasteiger partial charge is 0.321 e. The third kappa shape index (κ3) is 5.30. The molecule has 0 bridgehead atoms. The highest BCUT2D eigenvalue weighted by Crippen LogP contribution is 2.23. The molecule has 0 spiro atoms. The monoisotopic (exact) mass is 442 g/mol. The maximum atomic E-state index is 12.1. The molecule has 5 nitrogen and oxygen atoms in total. The van der Waals surface area contributed by atoms with Crippen LogP contribution >= 0.6 is 27.3 Å². The van der Waals surface area contributed by atoms with Crippen LogP contribution in [0.2, 0.25) is 0 Å². The van der Waals surface area contributed by atoms with Crippen molar-refractivity contribution >= 4 is 48.9 Å². The fourth-order valence-electron chi connectivity index (χ4n) is 1.61. The summed E-state index contributed by atoms with van der Waals surface area (Å²) in [6.07, 6.45) is -4.64. The van der Waals surface area contributed by atoms with Crippen LogP contribution in [0.25, 0.3) is 0 Å². The van der Waals surface area contributed by atoms with Crippen LogP contribution in [0.5, 0.6) is 0 Å². The Kier molecular flexibility index (Phi) is 5.68. The van der Waals surface area contributed by atoms with E-state index in [0.717, 1.165) is 15.9 Å². The van der Waals surface area contributed by atoms with E-state index in [0.29, 0.717) is 10.6 Å². The molecular weight excluding hydrogens is 433 g/mol. The molecule has 0 saturated carbocycles. The lowest BCUT2D eigenvalue weighted by molar-refractivity contribution is -0.121. The third-order valence-corrected chi connectivity index (χ3v) is 5.72. The van der Waals surface area contributed by atoms with Crippen molar-refractivity contribution in [2.75, 3.05) is 11.9 Å². The first-order valence-corrected chi connectivity index (χ1v) is 9.39. The molecule has 0 aliphatic rings. The number of anilines is 1. The van der Waals surface area contributed by atoms with Gasteiger partial charge >= 0.3 is 6.18 Å². The first-order valence-electron chi connectivity index (χ1n) is 6.30. The number of thiophene rings is 1. The number of rotatable bonds is 5. The van der Waals surface area contributed by atoms with Gasteiger partial charge in [0.1, 0.15) is 6.54 Å². The lowest BCUT2D eigenvalue weighted by Crippen LogP contribution is -2.33. The van der Waals surface area contributed by atoms with Crippen LogP contribution in [0, 0.1) is 0 Å². The molecule has 2 rings (SSSR count). The average Bonchev–Trinajstić information content (AvgIpc) is 2.92. The van der Waals surface area contributed by atoms with E-state index >= 15 is 0 Å². The van der Waals surface area contributed by atoms with Crippen molar-refractivity contribution in [3.05, 3.63) is 45.1 Å². The molecule has 0 radical (unpaired) electrons. The molecule has 2 aromatic rings. The van der Waals surface area contributed by atoms with Crippen LogP contribution < -0.4 is 10.0 Å². The van der Waals surface area contributed by atoms with Crippen LogP contribution in [0.15, 0.2) is 45.1 Å². The second-order valence-electron chi connectivity index (χ2n) is 4.52. The Hall–Kier alpha value is -1.43. The van der Waals surface area contributed by atoms with Crippen molar-refractivity contribution in [1.82, 2.24) is 4.72 Å². The second-order valence-corrected chi connectivity index (χ2v) is 8.75. The first kappa shape index (κ1) is 18.9. The number of hydrogen-bond donors (Lipinski definition) is 2. The van der Waals surface area contributed by atoms with Crippen molar-refractivity contribution in [3.63, 3.8) is 0 Å². The zero-order valence-electron chi connectivity index (χ0n) is 11.7. The minimum Gasteiger partial charge on any atom is -0.321 e. The average molecular weight is 443 g/mol. The van der Waals surface area contributed by atoms with Crippen LogP contribution in [0.3, 0.4) is 0 Å². The van der Waals surface area contributed by atoms with E-state index in [9.17, 15) is 26.4 Å². The molecule has 1 amide bonds.